The van der Waals surface area contributed by atoms with Crippen molar-refractivity contribution in [1.29, 1.82) is 0 Å². The number of furan rings is 1. The number of halogens is 1. The number of hydrogen-bond acceptors (Lipinski definition) is 4. The fraction of sp³-hybridized carbons (Fsp3) is 0.370. The maximum absolute atomic E-state index is 13.2. The van der Waals surface area contributed by atoms with Crippen molar-refractivity contribution < 1.29 is 18.3 Å². The summed E-state index contributed by atoms with van der Waals surface area (Å²) in [6.45, 7) is 13.1. The molecule has 1 fully saturated rings. The number of anilines is 1. The third kappa shape index (κ3) is 4.47. The second-order valence-electron chi connectivity index (χ2n) is 8.59. The highest BCUT2D eigenvalue weighted by Gasteiger charge is 2.22. The molecule has 0 unspecified atom stereocenters. The molecule has 2 aromatic carbocycles. The summed E-state index contributed by atoms with van der Waals surface area (Å²) in [6.07, 6.45) is 1.71. The number of rotatable bonds is 5. The van der Waals surface area contributed by atoms with Gasteiger partial charge in [0.1, 0.15) is 22.9 Å². The Hall–Kier alpha value is -3.28. The SMILES string of the molecule is CCOc1c(/C(C)=C/C(=O)N2CCN(c3ccc(F)cc3)CC2)cc2c(C)c(C)oc2c1C. The van der Waals surface area contributed by atoms with Gasteiger partial charge in [0.15, 0.2) is 0 Å². The van der Waals surface area contributed by atoms with Crippen LogP contribution in [0.25, 0.3) is 16.5 Å². The molecule has 1 aliphatic heterocycles. The van der Waals surface area contributed by atoms with Gasteiger partial charge in [0, 0.05) is 54.5 Å². The summed E-state index contributed by atoms with van der Waals surface area (Å²) in [6, 6.07) is 8.58. The van der Waals surface area contributed by atoms with Gasteiger partial charge < -0.3 is 19.0 Å². The second-order valence-corrected chi connectivity index (χ2v) is 8.59. The molecule has 0 spiro atoms. The zero-order chi connectivity index (χ0) is 23.7. The Balaban J connectivity index is 1.56. The number of hydrogen-bond donors (Lipinski definition) is 0. The second kappa shape index (κ2) is 9.30. The highest BCUT2D eigenvalue weighted by Crippen LogP contribution is 2.39. The fourth-order valence-electron chi connectivity index (χ4n) is 4.43. The van der Waals surface area contributed by atoms with Crippen LogP contribution in [0.15, 0.2) is 40.8 Å². The average Bonchev–Trinajstić information content (AvgIpc) is 3.10. The van der Waals surface area contributed by atoms with Crippen molar-refractivity contribution in [2.45, 2.75) is 34.6 Å². The first kappa shape index (κ1) is 22.9. The Morgan fingerprint density at radius 1 is 1.09 bits per heavy atom. The van der Waals surface area contributed by atoms with E-state index in [-0.39, 0.29) is 11.7 Å². The topological polar surface area (TPSA) is 45.9 Å². The predicted octanol–water partition coefficient (Wildman–Crippen LogP) is 5.65. The number of piperazine rings is 1. The molecule has 4 rings (SSSR count). The lowest BCUT2D eigenvalue weighted by Gasteiger charge is -2.35. The minimum Gasteiger partial charge on any atom is -0.493 e. The first-order chi connectivity index (χ1) is 15.8. The largest absolute Gasteiger partial charge is 0.493 e. The van der Waals surface area contributed by atoms with Crippen LogP contribution in [0.2, 0.25) is 0 Å². The number of allylic oxidation sites excluding steroid dienone is 1. The van der Waals surface area contributed by atoms with Gasteiger partial charge >= 0.3 is 0 Å². The first-order valence-electron chi connectivity index (χ1n) is 11.4. The molecule has 1 amide bonds. The molecule has 33 heavy (non-hydrogen) atoms. The average molecular weight is 451 g/mol. The molecule has 0 aliphatic carbocycles. The lowest BCUT2D eigenvalue weighted by atomic mass is 9.98. The van der Waals surface area contributed by atoms with Crippen molar-refractivity contribution >= 4 is 28.1 Å². The van der Waals surface area contributed by atoms with Crippen LogP contribution in [0, 0.1) is 26.6 Å². The van der Waals surface area contributed by atoms with Crippen molar-refractivity contribution in [2.24, 2.45) is 0 Å². The molecular formula is C27H31FN2O3. The van der Waals surface area contributed by atoms with E-state index < -0.39 is 0 Å². The van der Waals surface area contributed by atoms with Gasteiger partial charge in [-0.1, -0.05) is 0 Å². The highest BCUT2D eigenvalue weighted by atomic mass is 19.1. The fourth-order valence-corrected chi connectivity index (χ4v) is 4.43. The molecule has 174 valence electrons. The van der Waals surface area contributed by atoms with E-state index in [1.165, 1.54) is 12.1 Å². The minimum absolute atomic E-state index is 0.00782. The van der Waals surface area contributed by atoms with Crippen LogP contribution in [0.3, 0.4) is 0 Å². The van der Waals surface area contributed by atoms with Crippen molar-refractivity contribution in [1.82, 2.24) is 4.90 Å². The maximum Gasteiger partial charge on any atom is 0.246 e. The number of amides is 1. The molecule has 0 radical (unpaired) electrons. The van der Waals surface area contributed by atoms with E-state index in [0.717, 1.165) is 50.4 Å². The van der Waals surface area contributed by atoms with E-state index in [1.807, 2.05) is 32.6 Å². The molecule has 0 bridgehead atoms. The summed E-state index contributed by atoms with van der Waals surface area (Å²) in [7, 11) is 0. The predicted molar refractivity (Wildman–Crippen MR) is 130 cm³/mol. The molecular weight excluding hydrogens is 419 g/mol. The van der Waals surface area contributed by atoms with E-state index in [0.29, 0.717) is 32.8 Å². The number of ether oxygens (including phenoxy) is 1. The van der Waals surface area contributed by atoms with Gasteiger partial charge in [0.25, 0.3) is 0 Å². The summed E-state index contributed by atoms with van der Waals surface area (Å²) in [5.41, 5.74) is 5.66. The highest BCUT2D eigenvalue weighted by molar-refractivity contribution is 5.98. The molecule has 0 atom stereocenters. The Morgan fingerprint density at radius 2 is 1.76 bits per heavy atom. The Kier molecular flexibility index (Phi) is 6.45. The first-order valence-corrected chi connectivity index (χ1v) is 11.4. The third-order valence-electron chi connectivity index (χ3n) is 6.48. The molecule has 1 aliphatic rings. The van der Waals surface area contributed by atoms with Gasteiger partial charge in [-0.15, -0.1) is 0 Å². The van der Waals surface area contributed by atoms with Crippen molar-refractivity contribution in [2.75, 3.05) is 37.7 Å². The van der Waals surface area contributed by atoms with Gasteiger partial charge in [-0.3, -0.25) is 4.79 Å². The number of carbonyl (C=O) groups excluding carboxylic acids is 1. The summed E-state index contributed by atoms with van der Waals surface area (Å²) in [4.78, 5) is 17.1. The zero-order valence-corrected chi connectivity index (χ0v) is 20.0. The molecule has 0 saturated carbocycles. The number of nitrogens with zero attached hydrogens (tertiary/aromatic N) is 2. The number of fused-ring (bicyclic) bond motifs is 1. The van der Waals surface area contributed by atoms with E-state index >= 15 is 0 Å². The van der Waals surface area contributed by atoms with Crippen LogP contribution in [0.1, 0.15) is 36.3 Å². The number of aryl methyl sites for hydroxylation is 3. The van der Waals surface area contributed by atoms with Crippen LogP contribution in [-0.2, 0) is 4.79 Å². The van der Waals surface area contributed by atoms with E-state index in [9.17, 15) is 9.18 Å². The summed E-state index contributed by atoms with van der Waals surface area (Å²) < 4.78 is 25.2. The van der Waals surface area contributed by atoms with Crippen LogP contribution < -0.4 is 9.64 Å². The minimum atomic E-state index is -0.242. The van der Waals surface area contributed by atoms with Crippen LogP contribution in [0.4, 0.5) is 10.1 Å². The Labute approximate surface area is 194 Å². The molecule has 2 heterocycles. The van der Waals surface area contributed by atoms with E-state index in [2.05, 4.69) is 17.9 Å². The molecule has 1 saturated heterocycles. The van der Waals surface area contributed by atoms with E-state index in [4.69, 9.17) is 9.15 Å². The summed E-state index contributed by atoms with van der Waals surface area (Å²) in [5.74, 6) is 1.41. The number of benzene rings is 2. The Bertz CT molecular complexity index is 1200. The van der Waals surface area contributed by atoms with Crippen LogP contribution in [-0.4, -0.2) is 43.6 Å². The normalized spacial score (nSPS) is 14.8. The van der Waals surface area contributed by atoms with Gasteiger partial charge in [-0.25, -0.2) is 4.39 Å². The van der Waals surface area contributed by atoms with E-state index in [1.54, 1.807) is 18.2 Å². The standard InChI is InChI=1S/C27H31FN2O3/c1-6-32-26-19(4)27-24(18(3)20(5)33-27)16-23(26)17(2)15-25(31)30-13-11-29(12-14-30)22-9-7-21(28)8-10-22/h7-10,15-16H,6,11-14H2,1-5H3/b17-15+. The summed E-state index contributed by atoms with van der Waals surface area (Å²) >= 11 is 0. The zero-order valence-electron chi connectivity index (χ0n) is 20.0. The van der Waals surface area contributed by atoms with Crippen molar-refractivity contribution in [3.63, 3.8) is 0 Å². The lowest BCUT2D eigenvalue weighted by molar-refractivity contribution is -0.126. The number of carbonyl (C=O) groups is 1. The molecule has 3 aromatic rings. The van der Waals surface area contributed by atoms with Crippen molar-refractivity contribution in [3.05, 3.63) is 64.7 Å². The Morgan fingerprint density at radius 3 is 2.39 bits per heavy atom. The molecule has 1 aromatic heterocycles. The maximum atomic E-state index is 13.2. The van der Waals surface area contributed by atoms with Crippen LogP contribution >= 0.6 is 0 Å². The molecule has 5 nitrogen and oxygen atoms in total. The van der Waals surface area contributed by atoms with Crippen molar-refractivity contribution in [3.8, 4) is 5.75 Å². The monoisotopic (exact) mass is 450 g/mol. The van der Waals surface area contributed by atoms with Gasteiger partial charge in [0.2, 0.25) is 5.91 Å². The molecule has 0 N–H and O–H groups in total. The van der Waals surface area contributed by atoms with Crippen LogP contribution in [0.5, 0.6) is 5.75 Å². The van der Waals surface area contributed by atoms with Gasteiger partial charge in [-0.2, -0.15) is 0 Å². The lowest BCUT2D eigenvalue weighted by Crippen LogP contribution is -2.48. The molecule has 6 heteroatoms. The smallest absolute Gasteiger partial charge is 0.246 e. The van der Waals surface area contributed by atoms with Gasteiger partial charge in [0.05, 0.1) is 6.61 Å². The third-order valence-corrected chi connectivity index (χ3v) is 6.48. The quantitative estimate of drug-likeness (QED) is 0.472. The summed E-state index contributed by atoms with van der Waals surface area (Å²) in [5, 5.41) is 1.05. The van der Waals surface area contributed by atoms with Gasteiger partial charge in [-0.05, 0) is 76.1 Å².